The van der Waals surface area contributed by atoms with Gasteiger partial charge in [-0.15, -0.1) is 0 Å². The number of fused-ring (bicyclic) bond motifs is 1. The molecule has 6 heteroatoms. The molecule has 0 aromatic carbocycles. The fourth-order valence-corrected chi connectivity index (χ4v) is 2.09. The normalized spacial score (nSPS) is 11.5. The van der Waals surface area contributed by atoms with E-state index in [4.69, 9.17) is 5.73 Å². The molecule has 5 nitrogen and oxygen atoms in total. The van der Waals surface area contributed by atoms with Crippen LogP contribution in [0, 0.1) is 0 Å². The number of nitrogens with two attached hydrogens (primary N) is 1. The fourth-order valence-electron chi connectivity index (χ4n) is 1.77. The van der Waals surface area contributed by atoms with E-state index in [1.165, 1.54) is 0 Å². The summed E-state index contributed by atoms with van der Waals surface area (Å²) >= 11 is 3.38. The minimum Gasteiger partial charge on any atom is -0.369 e. The molecule has 0 atom stereocenters. The number of aryl methyl sites for hydroxylation is 1. The zero-order valence-electron chi connectivity index (χ0n) is 10.0. The SMILES string of the molecule is CN(C)CCCn1c(N)nc2cc(Br)cnc21. The van der Waals surface area contributed by atoms with Gasteiger partial charge in [0.1, 0.15) is 5.52 Å². The van der Waals surface area contributed by atoms with E-state index in [1.54, 1.807) is 6.20 Å². The van der Waals surface area contributed by atoms with Crippen LogP contribution in [-0.2, 0) is 6.54 Å². The summed E-state index contributed by atoms with van der Waals surface area (Å²) in [6.45, 7) is 1.87. The summed E-state index contributed by atoms with van der Waals surface area (Å²) in [6.07, 6.45) is 2.80. The third kappa shape index (κ3) is 2.76. The van der Waals surface area contributed by atoms with Crippen molar-refractivity contribution < 1.29 is 0 Å². The van der Waals surface area contributed by atoms with Crippen LogP contribution in [0.2, 0.25) is 0 Å². The van der Waals surface area contributed by atoms with E-state index < -0.39 is 0 Å². The first-order chi connectivity index (χ1) is 8.08. The number of imidazole rings is 1. The quantitative estimate of drug-likeness (QED) is 0.934. The van der Waals surface area contributed by atoms with Gasteiger partial charge in [0.15, 0.2) is 5.65 Å². The van der Waals surface area contributed by atoms with Gasteiger partial charge in [0.05, 0.1) is 0 Å². The lowest BCUT2D eigenvalue weighted by Crippen LogP contribution is -2.15. The number of pyridine rings is 1. The van der Waals surface area contributed by atoms with Crippen LogP contribution in [0.1, 0.15) is 6.42 Å². The Morgan fingerprint density at radius 1 is 1.47 bits per heavy atom. The standard InChI is InChI=1S/C11H16BrN5/c1-16(2)4-3-5-17-10-9(15-11(17)13)6-8(12)7-14-10/h6-7H,3-5H2,1-2H3,(H2,13,15). The van der Waals surface area contributed by atoms with Crippen LogP contribution in [0.15, 0.2) is 16.7 Å². The number of nitrogen functional groups attached to an aromatic ring is 1. The van der Waals surface area contributed by atoms with Crippen LogP contribution in [-0.4, -0.2) is 40.1 Å². The minimum atomic E-state index is 0.532. The Hall–Kier alpha value is -1.14. The number of nitrogens with zero attached hydrogens (tertiary/aromatic N) is 4. The molecule has 0 aliphatic rings. The van der Waals surface area contributed by atoms with Gasteiger partial charge in [0.2, 0.25) is 5.95 Å². The van der Waals surface area contributed by atoms with Crippen molar-refractivity contribution in [3.05, 3.63) is 16.7 Å². The van der Waals surface area contributed by atoms with E-state index in [1.807, 2.05) is 10.6 Å². The molecule has 0 fully saturated rings. The summed E-state index contributed by atoms with van der Waals surface area (Å²) in [5.74, 6) is 0.532. The lowest BCUT2D eigenvalue weighted by molar-refractivity contribution is 0.388. The lowest BCUT2D eigenvalue weighted by Gasteiger charge is -2.10. The van der Waals surface area contributed by atoms with Crippen LogP contribution in [0.5, 0.6) is 0 Å². The van der Waals surface area contributed by atoms with Gasteiger partial charge in [-0.2, -0.15) is 0 Å². The highest BCUT2D eigenvalue weighted by Crippen LogP contribution is 2.19. The van der Waals surface area contributed by atoms with Gasteiger partial charge in [-0.3, -0.25) is 4.57 Å². The number of anilines is 1. The third-order valence-corrected chi connectivity index (χ3v) is 3.00. The summed E-state index contributed by atoms with van der Waals surface area (Å²) in [4.78, 5) is 10.8. The summed E-state index contributed by atoms with van der Waals surface area (Å²) in [5.41, 5.74) is 7.59. The van der Waals surface area contributed by atoms with E-state index in [0.29, 0.717) is 5.95 Å². The smallest absolute Gasteiger partial charge is 0.202 e. The van der Waals surface area contributed by atoms with Gasteiger partial charge in [-0.1, -0.05) is 0 Å². The van der Waals surface area contributed by atoms with E-state index >= 15 is 0 Å². The van der Waals surface area contributed by atoms with E-state index in [9.17, 15) is 0 Å². The molecular formula is C11H16BrN5. The van der Waals surface area contributed by atoms with Gasteiger partial charge < -0.3 is 10.6 Å². The van der Waals surface area contributed by atoms with Crippen LogP contribution in [0.25, 0.3) is 11.2 Å². The molecule has 0 unspecified atom stereocenters. The molecule has 92 valence electrons. The monoisotopic (exact) mass is 297 g/mol. The van der Waals surface area contributed by atoms with Crippen molar-refractivity contribution in [2.24, 2.45) is 0 Å². The Labute approximate surface area is 109 Å². The molecule has 2 N–H and O–H groups in total. The van der Waals surface area contributed by atoms with Gasteiger partial charge in [0.25, 0.3) is 0 Å². The second-order valence-corrected chi connectivity index (χ2v) is 5.19. The van der Waals surface area contributed by atoms with E-state index in [0.717, 1.165) is 35.1 Å². The topological polar surface area (TPSA) is 60.0 Å². The maximum Gasteiger partial charge on any atom is 0.202 e. The Bertz CT molecular complexity index is 520. The van der Waals surface area contributed by atoms with Crippen molar-refractivity contribution in [1.82, 2.24) is 19.4 Å². The molecule has 0 spiro atoms. The molecule has 2 aromatic rings. The first-order valence-corrected chi connectivity index (χ1v) is 6.29. The number of hydrogen-bond acceptors (Lipinski definition) is 4. The fraction of sp³-hybridized carbons (Fsp3) is 0.455. The highest BCUT2D eigenvalue weighted by Gasteiger charge is 2.09. The lowest BCUT2D eigenvalue weighted by atomic mass is 10.4. The molecule has 17 heavy (non-hydrogen) atoms. The van der Waals surface area contributed by atoms with Gasteiger partial charge in [0, 0.05) is 17.2 Å². The molecule has 0 radical (unpaired) electrons. The average molecular weight is 298 g/mol. The molecule has 0 amide bonds. The van der Waals surface area contributed by atoms with E-state index in [2.05, 4.69) is 44.9 Å². The van der Waals surface area contributed by atoms with E-state index in [-0.39, 0.29) is 0 Å². The van der Waals surface area contributed by atoms with Crippen molar-refractivity contribution in [2.75, 3.05) is 26.4 Å². The van der Waals surface area contributed by atoms with Crippen LogP contribution in [0.4, 0.5) is 5.95 Å². The Kier molecular flexibility index (Phi) is 3.63. The van der Waals surface area contributed by atoms with Gasteiger partial charge >= 0.3 is 0 Å². The van der Waals surface area contributed by atoms with Crippen molar-refractivity contribution in [3.8, 4) is 0 Å². The predicted molar refractivity (Wildman–Crippen MR) is 72.8 cm³/mol. The van der Waals surface area contributed by atoms with Crippen LogP contribution < -0.4 is 5.73 Å². The maximum atomic E-state index is 5.90. The van der Waals surface area contributed by atoms with Crippen molar-refractivity contribution in [3.63, 3.8) is 0 Å². The summed E-state index contributed by atoms with van der Waals surface area (Å²) in [6, 6.07) is 1.93. The summed E-state index contributed by atoms with van der Waals surface area (Å²) in [7, 11) is 4.12. The molecule has 0 bridgehead atoms. The predicted octanol–water partition coefficient (Wildman–Crippen LogP) is 1.73. The van der Waals surface area contributed by atoms with Crippen LogP contribution in [0.3, 0.4) is 0 Å². The summed E-state index contributed by atoms with van der Waals surface area (Å²) in [5, 5.41) is 0. The molecule has 0 saturated carbocycles. The third-order valence-electron chi connectivity index (χ3n) is 2.57. The zero-order chi connectivity index (χ0) is 12.4. The largest absolute Gasteiger partial charge is 0.369 e. The first-order valence-electron chi connectivity index (χ1n) is 5.50. The van der Waals surface area contributed by atoms with Crippen molar-refractivity contribution >= 4 is 33.0 Å². The second kappa shape index (κ2) is 5.01. The molecule has 2 rings (SSSR count). The Morgan fingerprint density at radius 2 is 2.24 bits per heavy atom. The van der Waals surface area contributed by atoms with Crippen molar-refractivity contribution in [1.29, 1.82) is 0 Å². The molecule has 0 aliphatic carbocycles. The average Bonchev–Trinajstić information content (AvgIpc) is 2.54. The van der Waals surface area contributed by atoms with Crippen molar-refractivity contribution in [2.45, 2.75) is 13.0 Å². The molecule has 2 aromatic heterocycles. The highest BCUT2D eigenvalue weighted by atomic mass is 79.9. The molecule has 0 aliphatic heterocycles. The first kappa shape index (κ1) is 12.3. The second-order valence-electron chi connectivity index (χ2n) is 4.27. The Morgan fingerprint density at radius 3 is 2.94 bits per heavy atom. The molecular weight excluding hydrogens is 282 g/mol. The number of aromatic nitrogens is 3. The van der Waals surface area contributed by atoms with Gasteiger partial charge in [-0.05, 0) is 49.1 Å². The van der Waals surface area contributed by atoms with Gasteiger partial charge in [-0.25, -0.2) is 9.97 Å². The highest BCUT2D eigenvalue weighted by molar-refractivity contribution is 9.10. The molecule has 0 saturated heterocycles. The molecule has 2 heterocycles. The summed E-state index contributed by atoms with van der Waals surface area (Å²) < 4.78 is 2.88. The maximum absolute atomic E-state index is 5.90. The van der Waals surface area contributed by atoms with Crippen LogP contribution >= 0.6 is 15.9 Å². The number of hydrogen-bond donors (Lipinski definition) is 1. The number of rotatable bonds is 4. The Balaban J connectivity index is 2.24. The minimum absolute atomic E-state index is 0.532. The zero-order valence-corrected chi connectivity index (χ0v) is 11.6. The number of halogens is 1.